The standard InChI is InChI=1S/C17H34N4O4/c18-9-4-5-15(22)7-13-21(12-3-1-2-6-17(24)25)14-8-16(23)20-11-10-19/h1-14,18-19H2,(H,20,23)(H,24,25). The number of carboxylic acid groups (broad SMARTS) is 1. The van der Waals surface area contributed by atoms with Gasteiger partial charge in [0.25, 0.3) is 0 Å². The number of hydrogen-bond donors (Lipinski definition) is 4. The Bertz CT molecular complexity index is 367. The fourth-order valence-electron chi connectivity index (χ4n) is 2.39. The first-order valence-electron chi connectivity index (χ1n) is 9.12. The van der Waals surface area contributed by atoms with Gasteiger partial charge in [-0.2, -0.15) is 0 Å². The Morgan fingerprint density at radius 2 is 1.52 bits per heavy atom. The van der Waals surface area contributed by atoms with E-state index in [-0.39, 0.29) is 18.1 Å². The predicted octanol–water partition coefficient (Wildman–Crippen LogP) is 0.0965. The van der Waals surface area contributed by atoms with Crippen molar-refractivity contribution in [3.63, 3.8) is 0 Å². The third kappa shape index (κ3) is 15.7. The van der Waals surface area contributed by atoms with E-state index in [1.54, 1.807) is 0 Å². The SMILES string of the molecule is NCCCC(=O)CCN(CCCCCC(=O)O)CCC(=O)NCCN. The molecule has 0 aliphatic heterocycles. The molecule has 0 aliphatic carbocycles. The number of carboxylic acids is 1. The summed E-state index contributed by atoms with van der Waals surface area (Å²) in [5, 5.41) is 11.4. The van der Waals surface area contributed by atoms with Gasteiger partial charge in [0.2, 0.25) is 5.91 Å². The molecule has 0 saturated heterocycles. The Morgan fingerprint density at radius 1 is 0.800 bits per heavy atom. The van der Waals surface area contributed by atoms with Gasteiger partial charge in [0.1, 0.15) is 5.78 Å². The van der Waals surface area contributed by atoms with Crippen molar-refractivity contribution in [2.24, 2.45) is 11.5 Å². The molecule has 0 aromatic carbocycles. The normalized spacial score (nSPS) is 10.8. The minimum Gasteiger partial charge on any atom is -0.481 e. The van der Waals surface area contributed by atoms with Gasteiger partial charge >= 0.3 is 5.97 Å². The number of carbonyl (C=O) groups is 3. The largest absolute Gasteiger partial charge is 0.481 e. The Morgan fingerprint density at radius 3 is 2.16 bits per heavy atom. The maximum Gasteiger partial charge on any atom is 0.303 e. The number of amides is 1. The van der Waals surface area contributed by atoms with Crippen LogP contribution in [0.2, 0.25) is 0 Å². The quantitative estimate of drug-likeness (QED) is 0.270. The monoisotopic (exact) mass is 358 g/mol. The maximum absolute atomic E-state index is 11.8. The van der Waals surface area contributed by atoms with E-state index in [4.69, 9.17) is 16.6 Å². The molecule has 6 N–H and O–H groups in total. The molecule has 146 valence electrons. The summed E-state index contributed by atoms with van der Waals surface area (Å²) in [7, 11) is 0. The van der Waals surface area contributed by atoms with Crippen LogP contribution in [0.1, 0.15) is 51.4 Å². The van der Waals surface area contributed by atoms with Gasteiger partial charge in [0.15, 0.2) is 0 Å². The summed E-state index contributed by atoms with van der Waals surface area (Å²) >= 11 is 0. The lowest BCUT2D eigenvalue weighted by molar-refractivity contribution is -0.137. The molecule has 25 heavy (non-hydrogen) atoms. The molecule has 0 spiro atoms. The second kappa shape index (κ2) is 16.0. The molecule has 0 saturated carbocycles. The Kier molecular flexibility index (Phi) is 15.0. The third-order valence-corrected chi connectivity index (χ3v) is 3.85. The van der Waals surface area contributed by atoms with Crippen LogP contribution in [0.3, 0.4) is 0 Å². The molecular formula is C17H34N4O4. The lowest BCUT2D eigenvalue weighted by Gasteiger charge is -2.21. The van der Waals surface area contributed by atoms with E-state index in [9.17, 15) is 14.4 Å². The minimum absolute atomic E-state index is 0.0456. The Labute approximate surface area is 150 Å². The van der Waals surface area contributed by atoms with Crippen LogP contribution in [0.15, 0.2) is 0 Å². The van der Waals surface area contributed by atoms with Crippen LogP contribution in [0.5, 0.6) is 0 Å². The molecule has 0 aromatic rings. The summed E-state index contributed by atoms with van der Waals surface area (Å²) in [6.07, 6.45) is 4.54. The number of unbranched alkanes of at least 4 members (excludes halogenated alkanes) is 2. The first kappa shape index (κ1) is 23.5. The van der Waals surface area contributed by atoms with Gasteiger partial charge in [-0.05, 0) is 32.4 Å². The van der Waals surface area contributed by atoms with Gasteiger partial charge in [0.05, 0.1) is 0 Å². The average molecular weight is 358 g/mol. The number of nitrogens with zero attached hydrogens (tertiary/aromatic N) is 1. The van der Waals surface area contributed by atoms with E-state index in [1.165, 1.54) is 0 Å². The van der Waals surface area contributed by atoms with Crippen molar-refractivity contribution < 1.29 is 19.5 Å². The first-order valence-corrected chi connectivity index (χ1v) is 9.12. The molecule has 0 rings (SSSR count). The van der Waals surface area contributed by atoms with Crippen molar-refractivity contribution in [2.75, 3.05) is 39.3 Å². The lowest BCUT2D eigenvalue weighted by atomic mass is 10.1. The second-order valence-electron chi connectivity index (χ2n) is 6.12. The van der Waals surface area contributed by atoms with Crippen molar-refractivity contribution in [2.45, 2.75) is 51.4 Å². The molecule has 0 atom stereocenters. The highest BCUT2D eigenvalue weighted by Gasteiger charge is 2.11. The summed E-state index contributed by atoms with van der Waals surface area (Å²) in [5.41, 5.74) is 10.8. The maximum atomic E-state index is 11.8. The van der Waals surface area contributed by atoms with E-state index in [2.05, 4.69) is 10.2 Å². The zero-order chi connectivity index (χ0) is 18.9. The second-order valence-corrected chi connectivity index (χ2v) is 6.12. The number of rotatable bonds is 17. The van der Waals surface area contributed by atoms with E-state index in [1.807, 2.05) is 0 Å². The van der Waals surface area contributed by atoms with Crippen LogP contribution < -0.4 is 16.8 Å². The number of ketones is 1. The van der Waals surface area contributed by atoms with E-state index in [0.29, 0.717) is 64.8 Å². The van der Waals surface area contributed by atoms with E-state index in [0.717, 1.165) is 19.4 Å². The highest BCUT2D eigenvalue weighted by molar-refractivity contribution is 5.78. The first-order chi connectivity index (χ1) is 12.0. The predicted molar refractivity (Wildman–Crippen MR) is 97.1 cm³/mol. The molecule has 0 bridgehead atoms. The molecule has 0 fully saturated rings. The number of Topliss-reactive ketones (excluding diaryl/α,β-unsaturated/α-hetero) is 1. The van der Waals surface area contributed by atoms with Gasteiger partial charge < -0.3 is 26.8 Å². The van der Waals surface area contributed by atoms with Crippen LogP contribution in [-0.2, 0) is 14.4 Å². The zero-order valence-corrected chi connectivity index (χ0v) is 15.2. The van der Waals surface area contributed by atoms with Crippen LogP contribution in [-0.4, -0.2) is 66.9 Å². The number of hydrogen-bond acceptors (Lipinski definition) is 6. The minimum atomic E-state index is -0.779. The summed E-state index contributed by atoms with van der Waals surface area (Å²) < 4.78 is 0. The van der Waals surface area contributed by atoms with E-state index >= 15 is 0 Å². The summed E-state index contributed by atoms with van der Waals surface area (Å²) in [4.78, 5) is 36.1. The molecule has 0 aromatic heterocycles. The smallest absolute Gasteiger partial charge is 0.303 e. The highest BCUT2D eigenvalue weighted by atomic mass is 16.4. The van der Waals surface area contributed by atoms with Crippen molar-refractivity contribution in [1.29, 1.82) is 0 Å². The van der Waals surface area contributed by atoms with Gasteiger partial charge in [-0.15, -0.1) is 0 Å². The highest BCUT2D eigenvalue weighted by Crippen LogP contribution is 2.05. The summed E-state index contributed by atoms with van der Waals surface area (Å²) in [6, 6.07) is 0. The average Bonchev–Trinajstić information content (AvgIpc) is 2.58. The Hall–Kier alpha value is -1.51. The number of nitrogens with two attached hydrogens (primary N) is 2. The van der Waals surface area contributed by atoms with Crippen LogP contribution in [0.4, 0.5) is 0 Å². The molecular weight excluding hydrogens is 324 g/mol. The summed E-state index contributed by atoms with van der Waals surface area (Å²) in [6.45, 7) is 3.35. The lowest BCUT2D eigenvalue weighted by Crippen LogP contribution is -2.34. The number of aliphatic carboxylic acids is 1. The molecule has 8 nitrogen and oxygen atoms in total. The van der Waals surface area contributed by atoms with Crippen molar-refractivity contribution in [3.8, 4) is 0 Å². The number of nitrogens with one attached hydrogen (secondary N) is 1. The number of carbonyl (C=O) groups excluding carboxylic acids is 2. The molecule has 1 amide bonds. The van der Waals surface area contributed by atoms with Crippen molar-refractivity contribution in [1.82, 2.24) is 10.2 Å². The molecule has 0 radical (unpaired) electrons. The molecule has 0 aliphatic rings. The van der Waals surface area contributed by atoms with E-state index < -0.39 is 5.97 Å². The van der Waals surface area contributed by atoms with Gasteiger partial charge in [-0.3, -0.25) is 14.4 Å². The fraction of sp³-hybridized carbons (Fsp3) is 0.824. The molecule has 8 heteroatoms. The topological polar surface area (TPSA) is 139 Å². The Balaban J connectivity index is 4.17. The van der Waals surface area contributed by atoms with Crippen LogP contribution >= 0.6 is 0 Å². The van der Waals surface area contributed by atoms with Gasteiger partial charge in [-0.25, -0.2) is 0 Å². The van der Waals surface area contributed by atoms with Gasteiger partial charge in [0, 0.05) is 51.9 Å². The fourth-order valence-corrected chi connectivity index (χ4v) is 2.39. The van der Waals surface area contributed by atoms with Crippen LogP contribution in [0, 0.1) is 0 Å². The molecule has 0 unspecified atom stereocenters. The zero-order valence-electron chi connectivity index (χ0n) is 15.2. The van der Waals surface area contributed by atoms with Crippen molar-refractivity contribution >= 4 is 17.7 Å². The van der Waals surface area contributed by atoms with Gasteiger partial charge in [-0.1, -0.05) is 6.42 Å². The van der Waals surface area contributed by atoms with Crippen molar-refractivity contribution in [3.05, 3.63) is 0 Å². The molecule has 0 heterocycles. The third-order valence-electron chi connectivity index (χ3n) is 3.85. The van der Waals surface area contributed by atoms with Crippen LogP contribution in [0.25, 0.3) is 0 Å². The summed E-state index contributed by atoms with van der Waals surface area (Å²) in [5.74, 6) is -0.636.